The monoisotopic (exact) mass is 1130 g/mol. The number of rotatable bonds is 68. The van der Waals surface area contributed by atoms with Gasteiger partial charge in [0.2, 0.25) is 0 Å². The van der Waals surface area contributed by atoms with Crippen molar-refractivity contribution in [2.75, 3.05) is 13.2 Å². The van der Waals surface area contributed by atoms with Gasteiger partial charge < -0.3 is 14.2 Å². The average molecular weight is 1130 g/mol. The maximum atomic E-state index is 13.0. The molecule has 0 aliphatic heterocycles. The molecule has 0 spiro atoms. The zero-order valence-corrected chi connectivity index (χ0v) is 54.4. The van der Waals surface area contributed by atoms with Gasteiger partial charge in [-0.3, -0.25) is 14.4 Å². The zero-order chi connectivity index (χ0) is 57.8. The predicted molar refractivity (Wildman–Crippen MR) is 349 cm³/mol. The third-order valence-electron chi connectivity index (χ3n) is 16.7. The van der Waals surface area contributed by atoms with E-state index in [1.807, 2.05) is 0 Å². The third-order valence-corrected chi connectivity index (χ3v) is 16.7. The van der Waals surface area contributed by atoms with Crippen LogP contribution in [-0.2, 0) is 28.6 Å². The highest BCUT2D eigenvalue weighted by molar-refractivity contribution is 5.71. The summed E-state index contributed by atoms with van der Waals surface area (Å²) in [7, 11) is 0. The predicted octanol–water partition coefficient (Wildman–Crippen LogP) is 25.0. The lowest BCUT2D eigenvalue weighted by molar-refractivity contribution is -0.167. The van der Waals surface area contributed by atoms with Crippen LogP contribution < -0.4 is 0 Å². The van der Waals surface area contributed by atoms with Crippen LogP contribution in [0.25, 0.3) is 0 Å². The number of hydrogen-bond donors (Lipinski definition) is 0. The van der Waals surface area contributed by atoms with Crippen LogP contribution >= 0.6 is 0 Å². The van der Waals surface area contributed by atoms with Crippen molar-refractivity contribution in [3.8, 4) is 0 Å². The summed E-state index contributed by atoms with van der Waals surface area (Å²) in [6.07, 6.45) is 84.9. The standard InChI is InChI=1S/C74H140O6/c1-4-7-10-13-16-19-22-25-28-31-34-35-36-37-38-39-41-43-46-49-52-55-58-61-64-67-73(76)79-70-71(69-78-72(75)66-63-60-57-54-51-48-45-42-33-30-27-24-21-18-15-12-9-6-3)80-74(77)68-65-62-59-56-53-50-47-44-40-32-29-26-23-20-17-14-11-8-5-2/h21,24,30,33,71H,4-20,22-23,25-29,31-32,34-70H2,1-3H3/b24-21-,33-30-. The molecule has 1 unspecified atom stereocenters. The normalized spacial score (nSPS) is 12.1. The first kappa shape index (κ1) is 77.9. The SMILES string of the molecule is CCCCCC/C=C\C/C=C\CCCCCCCCCC(=O)OCC(COC(=O)CCCCCCCCCCCCCCCCCCCCCCCCCCC)OC(=O)CCCCCCCCCCCCCCCCCCCCC. The number of esters is 3. The Morgan fingerprint density at radius 1 is 0.250 bits per heavy atom. The molecule has 0 rings (SSSR count). The minimum absolute atomic E-state index is 0.0669. The summed E-state index contributed by atoms with van der Waals surface area (Å²) in [5.41, 5.74) is 0. The Kier molecular flexibility index (Phi) is 67.6. The largest absolute Gasteiger partial charge is 0.462 e. The molecule has 0 radical (unpaired) electrons. The molecule has 0 aromatic carbocycles. The summed E-state index contributed by atoms with van der Waals surface area (Å²) in [5, 5.41) is 0. The van der Waals surface area contributed by atoms with Gasteiger partial charge in [0.1, 0.15) is 13.2 Å². The quantitative estimate of drug-likeness (QED) is 0.0261. The summed E-state index contributed by atoms with van der Waals surface area (Å²) in [6, 6.07) is 0. The van der Waals surface area contributed by atoms with Crippen LogP contribution in [0.1, 0.15) is 412 Å². The molecule has 6 nitrogen and oxygen atoms in total. The fourth-order valence-electron chi connectivity index (χ4n) is 11.2. The fraction of sp³-hybridized carbons (Fsp3) is 0.905. The van der Waals surface area contributed by atoms with Gasteiger partial charge in [0.05, 0.1) is 0 Å². The molecule has 0 aromatic heterocycles. The summed E-state index contributed by atoms with van der Waals surface area (Å²) in [6.45, 7) is 6.71. The van der Waals surface area contributed by atoms with Crippen LogP contribution in [-0.4, -0.2) is 37.2 Å². The van der Waals surface area contributed by atoms with E-state index in [2.05, 4.69) is 45.1 Å². The molecule has 0 aliphatic rings. The maximum absolute atomic E-state index is 13.0. The van der Waals surface area contributed by atoms with E-state index in [1.165, 1.54) is 302 Å². The molecule has 0 fully saturated rings. The topological polar surface area (TPSA) is 78.9 Å². The van der Waals surface area contributed by atoms with E-state index in [4.69, 9.17) is 14.2 Å². The van der Waals surface area contributed by atoms with E-state index in [-0.39, 0.29) is 31.1 Å². The molecule has 6 heteroatoms. The summed E-state index contributed by atoms with van der Waals surface area (Å²) >= 11 is 0. The van der Waals surface area contributed by atoms with Crippen LogP contribution in [0, 0.1) is 0 Å². The van der Waals surface area contributed by atoms with Crippen LogP contribution in [0.15, 0.2) is 24.3 Å². The molecule has 0 aliphatic carbocycles. The smallest absolute Gasteiger partial charge is 0.306 e. The van der Waals surface area contributed by atoms with Gasteiger partial charge >= 0.3 is 17.9 Å². The van der Waals surface area contributed by atoms with Crippen molar-refractivity contribution in [1.29, 1.82) is 0 Å². The van der Waals surface area contributed by atoms with Gasteiger partial charge in [-0.1, -0.05) is 366 Å². The molecule has 472 valence electrons. The average Bonchev–Trinajstić information content (AvgIpc) is 3.46. The number of carbonyl (C=O) groups is 3. The van der Waals surface area contributed by atoms with Crippen LogP contribution in [0.3, 0.4) is 0 Å². The van der Waals surface area contributed by atoms with Gasteiger partial charge in [-0.05, 0) is 51.4 Å². The Hall–Kier alpha value is -2.11. The molecule has 0 amide bonds. The summed E-state index contributed by atoms with van der Waals surface area (Å²) in [5.74, 6) is -0.839. The first-order chi connectivity index (χ1) is 39.5. The highest BCUT2D eigenvalue weighted by atomic mass is 16.6. The Labute approximate surface area is 500 Å². The minimum Gasteiger partial charge on any atom is -0.462 e. The number of ether oxygens (including phenoxy) is 3. The van der Waals surface area contributed by atoms with Crippen LogP contribution in [0.4, 0.5) is 0 Å². The van der Waals surface area contributed by atoms with Gasteiger partial charge in [-0.2, -0.15) is 0 Å². The Morgan fingerprint density at radius 3 is 0.700 bits per heavy atom. The first-order valence-corrected chi connectivity index (χ1v) is 36.3. The van der Waals surface area contributed by atoms with E-state index < -0.39 is 6.10 Å². The lowest BCUT2D eigenvalue weighted by Gasteiger charge is -2.18. The number of unbranched alkanes of at least 4 members (excludes halogenated alkanes) is 53. The van der Waals surface area contributed by atoms with Crippen molar-refractivity contribution >= 4 is 17.9 Å². The molecular weight excluding hydrogens is 985 g/mol. The lowest BCUT2D eigenvalue weighted by atomic mass is 10.0. The van der Waals surface area contributed by atoms with Crippen molar-refractivity contribution in [2.45, 2.75) is 419 Å². The van der Waals surface area contributed by atoms with Gasteiger partial charge in [-0.25, -0.2) is 0 Å². The molecule has 1 atom stereocenters. The van der Waals surface area contributed by atoms with E-state index in [1.54, 1.807) is 0 Å². The minimum atomic E-state index is -0.772. The van der Waals surface area contributed by atoms with Gasteiger partial charge in [0.25, 0.3) is 0 Å². The second-order valence-corrected chi connectivity index (χ2v) is 24.9. The van der Waals surface area contributed by atoms with Crippen molar-refractivity contribution in [1.82, 2.24) is 0 Å². The third kappa shape index (κ3) is 66.7. The van der Waals surface area contributed by atoms with E-state index in [0.29, 0.717) is 19.3 Å². The van der Waals surface area contributed by atoms with Crippen LogP contribution in [0.5, 0.6) is 0 Å². The van der Waals surface area contributed by atoms with Gasteiger partial charge in [0.15, 0.2) is 6.10 Å². The highest BCUT2D eigenvalue weighted by Gasteiger charge is 2.19. The van der Waals surface area contributed by atoms with Crippen molar-refractivity contribution in [3.05, 3.63) is 24.3 Å². The second-order valence-electron chi connectivity index (χ2n) is 24.9. The Balaban J connectivity index is 4.27. The molecule has 0 saturated carbocycles. The second kappa shape index (κ2) is 69.4. The Bertz CT molecular complexity index is 1290. The molecule has 0 N–H and O–H groups in total. The number of allylic oxidation sites excluding steroid dienone is 4. The highest BCUT2D eigenvalue weighted by Crippen LogP contribution is 2.19. The van der Waals surface area contributed by atoms with E-state index in [0.717, 1.165) is 70.6 Å². The molecule has 80 heavy (non-hydrogen) atoms. The maximum Gasteiger partial charge on any atom is 0.306 e. The van der Waals surface area contributed by atoms with Crippen molar-refractivity contribution in [2.24, 2.45) is 0 Å². The van der Waals surface area contributed by atoms with Crippen LogP contribution in [0.2, 0.25) is 0 Å². The van der Waals surface area contributed by atoms with E-state index >= 15 is 0 Å². The van der Waals surface area contributed by atoms with E-state index in [9.17, 15) is 14.4 Å². The lowest BCUT2D eigenvalue weighted by Crippen LogP contribution is -2.30. The fourth-order valence-corrected chi connectivity index (χ4v) is 11.2. The molecular formula is C74H140O6. The zero-order valence-electron chi connectivity index (χ0n) is 54.4. The molecule has 0 saturated heterocycles. The molecule has 0 heterocycles. The van der Waals surface area contributed by atoms with Crippen molar-refractivity contribution in [3.63, 3.8) is 0 Å². The number of hydrogen-bond acceptors (Lipinski definition) is 6. The molecule has 0 bridgehead atoms. The first-order valence-electron chi connectivity index (χ1n) is 36.3. The number of carbonyl (C=O) groups excluding carboxylic acids is 3. The Morgan fingerprint density at radius 2 is 0.450 bits per heavy atom. The summed E-state index contributed by atoms with van der Waals surface area (Å²) in [4.78, 5) is 38.5. The van der Waals surface area contributed by atoms with Gasteiger partial charge in [-0.15, -0.1) is 0 Å². The molecule has 0 aromatic rings. The summed E-state index contributed by atoms with van der Waals surface area (Å²) < 4.78 is 17.0. The van der Waals surface area contributed by atoms with Gasteiger partial charge in [0, 0.05) is 19.3 Å². The van der Waals surface area contributed by atoms with Crippen molar-refractivity contribution < 1.29 is 28.6 Å².